The lowest BCUT2D eigenvalue weighted by molar-refractivity contribution is -0.138. The maximum absolute atomic E-state index is 10.8. The fourth-order valence-electron chi connectivity index (χ4n) is 3.37. The summed E-state index contributed by atoms with van der Waals surface area (Å²) in [6.07, 6.45) is 22.5. The van der Waals surface area contributed by atoms with Crippen molar-refractivity contribution in [1.29, 1.82) is 0 Å². The van der Waals surface area contributed by atoms with E-state index in [0.717, 1.165) is 18.4 Å². The molecule has 0 aliphatic rings. The van der Waals surface area contributed by atoms with Crippen LogP contribution in [0.1, 0.15) is 109 Å². The maximum atomic E-state index is 10.8. The Hall–Kier alpha value is -2.82. The highest BCUT2D eigenvalue weighted by atomic mass is 16.5. The molecule has 0 aromatic heterocycles. The number of benzene rings is 1. The maximum Gasteiger partial charge on any atom is 0.330 e. The summed E-state index contributed by atoms with van der Waals surface area (Å²) in [5, 5.41) is 17.1. The predicted octanol–water partition coefficient (Wildman–Crippen LogP) is 8.96. The van der Waals surface area contributed by atoms with E-state index in [4.69, 9.17) is 9.84 Å². The Morgan fingerprint density at radius 2 is 1.27 bits per heavy atom. The average Bonchev–Trinajstić information content (AvgIpc) is 2.88. The van der Waals surface area contributed by atoms with E-state index in [1.807, 2.05) is 18.2 Å². The van der Waals surface area contributed by atoms with Gasteiger partial charge in [0, 0.05) is 11.6 Å². The van der Waals surface area contributed by atoms with Crippen molar-refractivity contribution in [3.63, 3.8) is 0 Å². The molecule has 37 heavy (non-hydrogen) atoms. The van der Waals surface area contributed by atoms with Gasteiger partial charge in [-0.2, -0.15) is 0 Å². The van der Waals surface area contributed by atoms with Crippen LogP contribution in [0.2, 0.25) is 0 Å². The van der Waals surface area contributed by atoms with E-state index in [9.17, 15) is 14.7 Å². The van der Waals surface area contributed by atoms with Crippen molar-refractivity contribution in [3.8, 4) is 5.75 Å². The van der Waals surface area contributed by atoms with E-state index >= 15 is 0 Å². The molecule has 0 saturated heterocycles. The minimum atomic E-state index is -0.935. The molecule has 2 N–H and O–H groups in total. The summed E-state index contributed by atoms with van der Waals surface area (Å²) in [5.74, 6) is -0.887. The summed E-state index contributed by atoms with van der Waals surface area (Å²) >= 11 is 0. The molecule has 1 aromatic carbocycles. The molecule has 0 spiro atoms. The van der Waals surface area contributed by atoms with Crippen LogP contribution >= 0.6 is 0 Å². The van der Waals surface area contributed by atoms with Crippen molar-refractivity contribution in [1.82, 2.24) is 0 Å². The second-order valence-corrected chi connectivity index (χ2v) is 9.17. The van der Waals surface area contributed by atoms with Crippen molar-refractivity contribution in [2.24, 2.45) is 0 Å². The fourth-order valence-corrected chi connectivity index (χ4v) is 3.37. The zero-order valence-corrected chi connectivity index (χ0v) is 23.5. The molecule has 5 nitrogen and oxygen atoms in total. The molecule has 0 bridgehead atoms. The summed E-state index contributed by atoms with van der Waals surface area (Å²) in [6.45, 7) is 14.4. The number of unbranched alkanes of at least 4 members (excludes halogenated alkanes) is 13. The summed E-state index contributed by atoms with van der Waals surface area (Å²) in [4.78, 5) is 20.4. The smallest absolute Gasteiger partial charge is 0.330 e. The number of ether oxygens (including phenoxy) is 1. The molecular weight excluding hydrogens is 464 g/mol. The largest absolute Gasteiger partial charge is 0.508 e. The van der Waals surface area contributed by atoms with Gasteiger partial charge in [0.05, 0.1) is 6.61 Å². The molecule has 0 radical (unpaired) electrons. The number of phenols is 1. The van der Waals surface area contributed by atoms with Gasteiger partial charge in [-0.1, -0.05) is 128 Å². The average molecular weight is 517 g/mol. The van der Waals surface area contributed by atoms with Gasteiger partial charge in [-0.15, -0.1) is 6.58 Å². The number of esters is 1. The molecule has 0 saturated carbocycles. The van der Waals surface area contributed by atoms with Crippen LogP contribution in [0.15, 0.2) is 61.7 Å². The molecule has 0 heterocycles. The molecule has 0 fully saturated rings. The highest BCUT2D eigenvalue weighted by Crippen LogP contribution is 2.15. The number of hydrogen-bond acceptors (Lipinski definition) is 4. The molecule has 210 valence electrons. The fraction of sp³-hybridized carbons (Fsp3) is 0.562. The zero-order valence-electron chi connectivity index (χ0n) is 23.5. The molecule has 0 atom stereocenters. The van der Waals surface area contributed by atoms with Gasteiger partial charge >= 0.3 is 11.9 Å². The van der Waals surface area contributed by atoms with E-state index < -0.39 is 5.97 Å². The van der Waals surface area contributed by atoms with Crippen LogP contribution in [0, 0.1) is 0 Å². The third-order valence-electron chi connectivity index (χ3n) is 5.63. The van der Waals surface area contributed by atoms with Gasteiger partial charge in [-0.05, 0) is 31.4 Å². The first-order valence-electron chi connectivity index (χ1n) is 13.9. The van der Waals surface area contributed by atoms with E-state index in [0.29, 0.717) is 12.4 Å². The number of carboxylic acid groups (broad SMARTS) is 1. The normalized spacial score (nSPS) is 9.68. The SMILES string of the molecule is C=C(C)C(=O)O.C=CC(=O)OCCCCCCCCCCCCCCCC.C=CCc1ccccc1O. The van der Waals surface area contributed by atoms with Gasteiger partial charge in [-0.3, -0.25) is 0 Å². The minimum Gasteiger partial charge on any atom is -0.508 e. The Morgan fingerprint density at radius 1 is 0.838 bits per heavy atom. The lowest BCUT2D eigenvalue weighted by atomic mass is 10.0. The van der Waals surface area contributed by atoms with Gasteiger partial charge in [0.15, 0.2) is 0 Å². The zero-order chi connectivity index (χ0) is 28.2. The van der Waals surface area contributed by atoms with Crippen LogP contribution < -0.4 is 0 Å². The standard InChI is InChI=1S/C19H36O2.C9H10O.C4H6O2/c1-3-5-6-7-8-9-10-11-12-13-14-15-16-17-18-21-19(20)4-2;1-2-5-8-6-3-4-7-9(8)10;1-3(2)4(5)6/h4H,2-3,5-18H2,1H3;2-4,6-7,10H,1,5H2;1H2,2H3,(H,5,6). The lowest BCUT2D eigenvalue weighted by Crippen LogP contribution is -2.01. The van der Waals surface area contributed by atoms with E-state index in [1.54, 1.807) is 12.1 Å². The Kier molecular flexibility index (Phi) is 27.3. The van der Waals surface area contributed by atoms with Crippen LogP contribution in [0.3, 0.4) is 0 Å². The van der Waals surface area contributed by atoms with Gasteiger partial charge in [-0.25, -0.2) is 9.59 Å². The van der Waals surface area contributed by atoms with Gasteiger partial charge in [0.25, 0.3) is 0 Å². The Bertz CT molecular complexity index is 726. The number of aliphatic carboxylic acids is 1. The van der Waals surface area contributed by atoms with Crippen LogP contribution in [0.5, 0.6) is 5.75 Å². The first-order chi connectivity index (χ1) is 17.8. The highest BCUT2D eigenvalue weighted by Gasteiger charge is 1.97. The Labute approximate surface area is 226 Å². The van der Waals surface area contributed by atoms with Crippen LogP contribution in [0.25, 0.3) is 0 Å². The predicted molar refractivity (Wildman–Crippen MR) is 156 cm³/mol. The van der Waals surface area contributed by atoms with E-state index in [2.05, 4.69) is 26.7 Å². The first kappa shape index (κ1) is 36.3. The van der Waals surface area contributed by atoms with Crippen molar-refractivity contribution in [2.45, 2.75) is 110 Å². The second kappa shape index (κ2) is 27.8. The molecule has 5 heteroatoms. The summed E-state index contributed by atoms with van der Waals surface area (Å²) in [7, 11) is 0. The number of carboxylic acids is 1. The number of aromatic hydroxyl groups is 1. The summed E-state index contributed by atoms with van der Waals surface area (Å²) < 4.78 is 4.94. The third-order valence-corrected chi connectivity index (χ3v) is 5.63. The van der Waals surface area contributed by atoms with E-state index in [-0.39, 0.29) is 11.5 Å². The molecule has 1 aromatic rings. The number of rotatable bonds is 19. The van der Waals surface area contributed by atoms with Crippen molar-refractivity contribution in [2.75, 3.05) is 6.61 Å². The number of phenolic OH excluding ortho intramolecular Hbond substituents is 1. The molecule has 0 amide bonds. The van der Waals surface area contributed by atoms with Crippen LogP contribution in [-0.4, -0.2) is 28.8 Å². The molecule has 0 aliphatic heterocycles. The molecule has 0 unspecified atom stereocenters. The highest BCUT2D eigenvalue weighted by molar-refractivity contribution is 5.84. The van der Waals surface area contributed by atoms with Gasteiger partial charge in [0.2, 0.25) is 0 Å². The lowest BCUT2D eigenvalue weighted by Gasteiger charge is -2.03. The summed E-state index contributed by atoms with van der Waals surface area (Å²) in [5.41, 5.74) is 1.10. The Balaban J connectivity index is 0. The Morgan fingerprint density at radius 3 is 1.65 bits per heavy atom. The number of para-hydroxylation sites is 1. The number of allylic oxidation sites excluding steroid dienone is 1. The quantitative estimate of drug-likeness (QED) is 0.0829. The number of carbonyl (C=O) groups excluding carboxylic acids is 1. The third kappa shape index (κ3) is 27.6. The summed E-state index contributed by atoms with van der Waals surface area (Å²) in [6, 6.07) is 7.27. The van der Waals surface area contributed by atoms with Crippen LogP contribution in [-0.2, 0) is 20.7 Å². The number of hydrogen-bond donors (Lipinski definition) is 2. The second-order valence-electron chi connectivity index (χ2n) is 9.17. The topological polar surface area (TPSA) is 83.8 Å². The van der Waals surface area contributed by atoms with Crippen molar-refractivity contribution >= 4 is 11.9 Å². The monoisotopic (exact) mass is 516 g/mol. The van der Waals surface area contributed by atoms with E-state index in [1.165, 1.54) is 96.5 Å². The number of carbonyl (C=O) groups is 2. The molecule has 1 rings (SSSR count). The first-order valence-corrected chi connectivity index (χ1v) is 13.9. The minimum absolute atomic E-state index is 0.176. The van der Waals surface area contributed by atoms with Crippen molar-refractivity contribution in [3.05, 3.63) is 67.3 Å². The van der Waals surface area contributed by atoms with Gasteiger partial charge < -0.3 is 14.9 Å². The molecular formula is C32H52O5. The van der Waals surface area contributed by atoms with Crippen molar-refractivity contribution < 1.29 is 24.5 Å². The molecule has 0 aliphatic carbocycles. The van der Waals surface area contributed by atoms with Crippen LogP contribution in [0.4, 0.5) is 0 Å². The van der Waals surface area contributed by atoms with Gasteiger partial charge in [0.1, 0.15) is 5.75 Å².